The number of hydrogen-bond donors (Lipinski definition) is 1. The van der Waals surface area contributed by atoms with Crippen molar-refractivity contribution in [2.45, 2.75) is 26.0 Å². The molecule has 0 amide bonds. The van der Waals surface area contributed by atoms with Crippen LogP contribution in [0.25, 0.3) is 0 Å². The van der Waals surface area contributed by atoms with E-state index in [9.17, 15) is 13.2 Å². The lowest BCUT2D eigenvalue weighted by Crippen LogP contribution is -2.12. The molecular formula is C16H16F3NO. The van der Waals surface area contributed by atoms with Crippen LogP contribution in [0.1, 0.15) is 24.9 Å². The summed E-state index contributed by atoms with van der Waals surface area (Å²) in [5, 5.41) is 3.16. The summed E-state index contributed by atoms with van der Waals surface area (Å²) in [5.74, 6) is -0.219. The highest BCUT2D eigenvalue weighted by atomic mass is 19.3. The largest absolute Gasteiger partial charge is 0.433 e. The van der Waals surface area contributed by atoms with Crippen LogP contribution in [-0.2, 0) is 0 Å². The summed E-state index contributed by atoms with van der Waals surface area (Å²) in [6.45, 7) is -0.920. The Bertz CT molecular complexity index is 572. The minimum Gasteiger partial charge on any atom is -0.433 e. The molecule has 5 heteroatoms. The zero-order chi connectivity index (χ0) is 15.2. The molecule has 0 aromatic heterocycles. The van der Waals surface area contributed by atoms with Crippen molar-refractivity contribution < 1.29 is 17.9 Å². The van der Waals surface area contributed by atoms with E-state index in [1.807, 2.05) is 6.92 Å². The minimum atomic E-state index is -2.88. The Labute approximate surface area is 121 Å². The number of ether oxygens (including phenoxy) is 1. The summed E-state index contributed by atoms with van der Waals surface area (Å²) in [4.78, 5) is 0. The molecule has 2 rings (SSSR count). The molecule has 0 aliphatic carbocycles. The normalized spacial score (nSPS) is 12.2. The van der Waals surface area contributed by atoms with Crippen LogP contribution in [0.2, 0.25) is 0 Å². The molecule has 0 bridgehead atoms. The van der Waals surface area contributed by atoms with Gasteiger partial charge in [0.1, 0.15) is 11.6 Å². The Kier molecular flexibility index (Phi) is 5.09. The average Bonchev–Trinajstić information content (AvgIpc) is 2.47. The van der Waals surface area contributed by atoms with Gasteiger partial charge >= 0.3 is 6.61 Å². The smallest absolute Gasteiger partial charge is 0.387 e. The van der Waals surface area contributed by atoms with Gasteiger partial charge in [0.2, 0.25) is 0 Å². The first-order valence-electron chi connectivity index (χ1n) is 6.66. The Morgan fingerprint density at radius 1 is 1.05 bits per heavy atom. The van der Waals surface area contributed by atoms with Gasteiger partial charge in [0.05, 0.1) is 11.7 Å². The molecule has 2 aromatic carbocycles. The van der Waals surface area contributed by atoms with E-state index < -0.39 is 6.61 Å². The molecule has 0 saturated carbocycles. The molecule has 2 nitrogen and oxygen atoms in total. The molecule has 1 unspecified atom stereocenters. The maximum absolute atomic E-state index is 13.0. The minimum absolute atomic E-state index is 0.0908. The molecule has 0 spiro atoms. The van der Waals surface area contributed by atoms with Crippen LogP contribution in [0, 0.1) is 5.82 Å². The predicted octanol–water partition coefficient (Wildman–Crippen LogP) is 4.99. The van der Waals surface area contributed by atoms with Crippen molar-refractivity contribution in [1.29, 1.82) is 0 Å². The Balaban J connectivity index is 2.20. The number of anilines is 1. The topological polar surface area (TPSA) is 21.3 Å². The molecule has 0 aliphatic rings. The molecule has 2 aromatic rings. The van der Waals surface area contributed by atoms with Crippen molar-refractivity contribution in [1.82, 2.24) is 0 Å². The lowest BCUT2D eigenvalue weighted by molar-refractivity contribution is -0.0493. The second-order valence-electron chi connectivity index (χ2n) is 4.53. The second kappa shape index (κ2) is 7.02. The summed E-state index contributed by atoms with van der Waals surface area (Å²) < 4.78 is 42.2. The molecule has 0 aliphatic heterocycles. The number of nitrogens with one attached hydrogen (secondary N) is 1. The highest BCUT2D eigenvalue weighted by molar-refractivity contribution is 5.57. The number of hydrogen-bond acceptors (Lipinski definition) is 2. The fourth-order valence-corrected chi connectivity index (χ4v) is 2.09. The molecule has 112 valence electrons. The monoisotopic (exact) mass is 295 g/mol. The highest BCUT2D eigenvalue weighted by Gasteiger charge is 2.14. The third-order valence-electron chi connectivity index (χ3n) is 3.11. The van der Waals surface area contributed by atoms with Gasteiger partial charge in [-0.3, -0.25) is 0 Å². The summed E-state index contributed by atoms with van der Waals surface area (Å²) in [5.41, 5.74) is 1.36. The maximum Gasteiger partial charge on any atom is 0.387 e. The lowest BCUT2D eigenvalue weighted by Gasteiger charge is -2.21. The molecule has 0 fully saturated rings. The molecular weight excluding hydrogens is 279 g/mol. The fourth-order valence-electron chi connectivity index (χ4n) is 2.09. The van der Waals surface area contributed by atoms with E-state index in [0.717, 1.165) is 5.56 Å². The van der Waals surface area contributed by atoms with Crippen molar-refractivity contribution in [2.75, 3.05) is 5.32 Å². The number of halogens is 3. The summed E-state index contributed by atoms with van der Waals surface area (Å²) in [6.07, 6.45) is 0.717. The fraction of sp³-hybridized carbons (Fsp3) is 0.250. The van der Waals surface area contributed by atoms with Gasteiger partial charge in [0.15, 0.2) is 0 Å². The first-order valence-corrected chi connectivity index (χ1v) is 6.66. The van der Waals surface area contributed by atoms with E-state index >= 15 is 0 Å². The Morgan fingerprint density at radius 3 is 2.33 bits per heavy atom. The van der Waals surface area contributed by atoms with Crippen LogP contribution in [-0.4, -0.2) is 6.61 Å². The molecule has 21 heavy (non-hydrogen) atoms. The van der Waals surface area contributed by atoms with Gasteiger partial charge in [-0.2, -0.15) is 8.78 Å². The van der Waals surface area contributed by atoms with Gasteiger partial charge < -0.3 is 10.1 Å². The second-order valence-corrected chi connectivity index (χ2v) is 4.53. The van der Waals surface area contributed by atoms with E-state index in [1.54, 1.807) is 30.3 Å². The van der Waals surface area contributed by atoms with Crippen LogP contribution < -0.4 is 10.1 Å². The molecule has 1 N–H and O–H groups in total. The quantitative estimate of drug-likeness (QED) is 0.810. The van der Waals surface area contributed by atoms with Crippen LogP contribution in [0.4, 0.5) is 18.9 Å². The number of alkyl halides is 2. The van der Waals surface area contributed by atoms with Crippen molar-refractivity contribution in [3.8, 4) is 5.75 Å². The third kappa shape index (κ3) is 4.15. The van der Waals surface area contributed by atoms with Gasteiger partial charge in [0.25, 0.3) is 0 Å². The number of rotatable bonds is 6. The SMILES string of the molecule is CCC(Nc1ccccc1OC(F)F)c1ccc(F)cc1. The van der Waals surface area contributed by atoms with Crippen molar-refractivity contribution in [2.24, 2.45) is 0 Å². The number of para-hydroxylation sites is 2. The average molecular weight is 295 g/mol. The van der Waals surface area contributed by atoms with Gasteiger partial charge in [-0.15, -0.1) is 0 Å². The predicted molar refractivity (Wildman–Crippen MR) is 76.1 cm³/mol. The first-order chi connectivity index (χ1) is 10.1. The van der Waals surface area contributed by atoms with Gasteiger partial charge in [-0.25, -0.2) is 4.39 Å². The van der Waals surface area contributed by atoms with Crippen LogP contribution in [0.5, 0.6) is 5.75 Å². The van der Waals surface area contributed by atoms with Gasteiger partial charge in [0, 0.05) is 0 Å². The van der Waals surface area contributed by atoms with Crippen LogP contribution in [0.3, 0.4) is 0 Å². The molecule has 0 radical (unpaired) electrons. The van der Waals surface area contributed by atoms with E-state index in [-0.39, 0.29) is 17.6 Å². The summed E-state index contributed by atoms with van der Waals surface area (Å²) in [6, 6.07) is 12.5. The van der Waals surface area contributed by atoms with Gasteiger partial charge in [-0.05, 0) is 36.2 Å². The van der Waals surface area contributed by atoms with Gasteiger partial charge in [-0.1, -0.05) is 31.2 Å². The molecule has 0 heterocycles. The Hall–Kier alpha value is -2.17. The number of benzene rings is 2. The van der Waals surface area contributed by atoms with E-state index in [2.05, 4.69) is 10.1 Å². The van der Waals surface area contributed by atoms with E-state index in [1.165, 1.54) is 18.2 Å². The third-order valence-corrected chi connectivity index (χ3v) is 3.11. The zero-order valence-electron chi connectivity index (χ0n) is 11.5. The van der Waals surface area contributed by atoms with Crippen LogP contribution >= 0.6 is 0 Å². The van der Waals surface area contributed by atoms with Crippen molar-refractivity contribution in [3.63, 3.8) is 0 Å². The lowest BCUT2D eigenvalue weighted by atomic mass is 10.0. The van der Waals surface area contributed by atoms with Crippen LogP contribution in [0.15, 0.2) is 48.5 Å². The van der Waals surface area contributed by atoms with Crippen molar-refractivity contribution >= 4 is 5.69 Å². The standard InChI is InChI=1S/C16H16F3NO/c1-2-13(11-7-9-12(17)10-8-11)20-14-5-3-4-6-15(14)21-16(18)19/h3-10,13,16,20H,2H2,1H3. The zero-order valence-corrected chi connectivity index (χ0v) is 11.5. The molecule has 1 atom stereocenters. The maximum atomic E-state index is 13.0. The van der Waals surface area contributed by atoms with Crippen molar-refractivity contribution in [3.05, 3.63) is 59.9 Å². The summed E-state index contributed by atoms with van der Waals surface area (Å²) >= 11 is 0. The molecule has 0 saturated heterocycles. The van der Waals surface area contributed by atoms with E-state index in [0.29, 0.717) is 12.1 Å². The van der Waals surface area contributed by atoms with E-state index in [4.69, 9.17) is 0 Å². The first kappa shape index (κ1) is 15.2. The summed E-state index contributed by atoms with van der Waals surface area (Å²) in [7, 11) is 0. The Morgan fingerprint density at radius 2 is 1.71 bits per heavy atom. The highest BCUT2D eigenvalue weighted by Crippen LogP contribution is 2.30.